The van der Waals surface area contributed by atoms with Crippen molar-refractivity contribution >= 4 is 26.6 Å². The second-order valence-corrected chi connectivity index (χ2v) is 6.66. The topological polar surface area (TPSA) is 59.1 Å². The summed E-state index contributed by atoms with van der Waals surface area (Å²) in [5, 5.41) is 0.777. The van der Waals surface area contributed by atoms with Gasteiger partial charge in [-0.1, -0.05) is 25.1 Å². The van der Waals surface area contributed by atoms with Gasteiger partial charge in [-0.2, -0.15) is 0 Å². The van der Waals surface area contributed by atoms with Gasteiger partial charge < -0.3 is 0 Å². The third-order valence-electron chi connectivity index (χ3n) is 3.53. The summed E-state index contributed by atoms with van der Waals surface area (Å²) in [4.78, 5) is 4.49. The maximum absolute atomic E-state index is 12.5. The summed E-state index contributed by atoms with van der Waals surface area (Å²) in [6.45, 7) is 2.03. The highest BCUT2D eigenvalue weighted by Gasteiger charge is 2.15. The quantitative estimate of drug-likeness (QED) is 0.801. The van der Waals surface area contributed by atoms with Crippen LogP contribution >= 0.6 is 0 Å². The van der Waals surface area contributed by atoms with E-state index in [1.807, 2.05) is 31.2 Å². The van der Waals surface area contributed by atoms with E-state index in [4.69, 9.17) is 0 Å². The molecule has 3 rings (SSSR count). The van der Waals surface area contributed by atoms with Gasteiger partial charge in [-0.25, -0.2) is 8.42 Å². The van der Waals surface area contributed by atoms with Gasteiger partial charge >= 0.3 is 0 Å². The largest absolute Gasteiger partial charge is 0.279 e. The smallest absolute Gasteiger partial charge is 0.261 e. The summed E-state index contributed by atoms with van der Waals surface area (Å²) in [7, 11) is -3.61. The Morgan fingerprint density at radius 1 is 1.00 bits per heavy atom. The molecule has 4 nitrogen and oxygen atoms in total. The number of aromatic nitrogens is 1. The third-order valence-corrected chi connectivity index (χ3v) is 4.91. The van der Waals surface area contributed by atoms with Gasteiger partial charge in [0.25, 0.3) is 10.0 Å². The minimum atomic E-state index is -3.61. The van der Waals surface area contributed by atoms with Crippen LogP contribution < -0.4 is 4.72 Å². The monoisotopic (exact) mass is 312 g/mol. The summed E-state index contributed by atoms with van der Waals surface area (Å²) in [5.74, 6) is 0. The average molecular weight is 312 g/mol. The third kappa shape index (κ3) is 2.80. The van der Waals surface area contributed by atoms with Crippen LogP contribution in [0.2, 0.25) is 0 Å². The summed E-state index contributed by atoms with van der Waals surface area (Å²) < 4.78 is 27.7. The first-order valence-electron chi connectivity index (χ1n) is 7.05. The minimum Gasteiger partial charge on any atom is -0.279 e. The highest BCUT2D eigenvalue weighted by Crippen LogP contribution is 2.24. The molecule has 1 heterocycles. The van der Waals surface area contributed by atoms with Crippen molar-refractivity contribution in [2.75, 3.05) is 4.72 Å². The van der Waals surface area contributed by atoms with Crippen molar-refractivity contribution in [3.8, 4) is 0 Å². The van der Waals surface area contributed by atoms with Gasteiger partial charge in [0, 0.05) is 11.6 Å². The van der Waals surface area contributed by atoms with Crippen LogP contribution in [0, 0.1) is 0 Å². The second kappa shape index (κ2) is 5.77. The number of hydrogen-bond donors (Lipinski definition) is 1. The van der Waals surface area contributed by atoms with Gasteiger partial charge in [0.1, 0.15) is 0 Å². The molecule has 0 spiro atoms. The molecule has 0 aliphatic heterocycles. The molecule has 1 aromatic heterocycles. The Morgan fingerprint density at radius 2 is 1.77 bits per heavy atom. The fourth-order valence-electron chi connectivity index (χ4n) is 2.30. The van der Waals surface area contributed by atoms with Crippen LogP contribution in [-0.2, 0) is 16.4 Å². The lowest BCUT2D eigenvalue weighted by atomic mass is 10.2. The fraction of sp³-hybridized carbons (Fsp3) is 0.118. The SMILES string of the molecule is CCc1ccc(S(=O)(=O)Nc2cccc3ncccc23)cc1. The first-order chi connectivity index (χ1) is 10.6. The number of aryl methyl sites for hydroxylation is 1. The van der Waals surface area contributed by atoms with E-state index in [-0.39, 0.29) is 4.90 Å². The molecule has 5 heteroatoms. The molecule has 0 aliphatic rings. The Hall–Kier alpha value is -2.40. The molecular formula is C17H16N2O2S. The number of benzene rings is 2. The van der Waals surface area contributed by atoms with Crippen LogP contribution in [0.3, 0.4) is 0 Å². The molecule has 1 N–H and O–H groups in total. The summed E-state index contributed by atoms with van der Waals surface area (Å²) in [6.07, 6.45) is 2.56. The van der Waals surface area contributed by atoms with E-state index in [0.717, 1.165) is 22.9 Å². The summed E-state index contributed by atoms with van der Waals surface area (Å²) in [6, 6.07) is 15.9. The van der Waals surface area contributed by atoms with Crippen molar-refractivity contribution in [2.45, 2.75) is 18.2 Å². The molecule has 0 aliphatic carbocycles. The number of pyridine rings is 1. The van der Waals surface area contributed by atoms with Crippen molar-refractivity contribution in [2.24, 2.45) is 0 Å². The standard InChI is InChI=1S/C17H16N2O2S/c1-2-13-8-10-14(11-9-13)22(20,21)19-17-7-3-6-16-15(17)5-4-12-18-16/h3-12,19H,2H2,1H3. The van der Waals surface area contributed by atoms with Crippen LogP contribution in [0.5, 0.6) is 0 Å². The predicted molar refractivity (Wildman–Crippen MR) is 88.4 cm³/mol. The second-order valence-electron chi connectivity index (χ2n) is 4.98. The van der Waals surface area contributed by atoms with E-state index < -0.39 is 10.0 Å². The Kier molecular flexibility index (Phi) is 3.81. The molecule has 0 saturated carbocycles. The number of nitrogens with zero attached hydrogens (tertiary/aromatic N) is 1. The lowest BCUT2D eigenvalue weighted by Gasteiger charge is -2.10. The van der Waals surface area contributed by atoms with E-state index in [0.29, 0.717) is 5.69 Å². The number of hydrogen-bond acceptors (Lipinski definition) is 3. The van der Waals surface area contributed by atoms with E-state index in [9.17, 15) is 8.42 Å². The Morgan fingerprint density at radius 3 is 2.50 bits per heavy atom. The normalized spacial score (nSPS) is 11.5. The molecule has 0 fully saturated rings. The maximum atomic E-state index is 12.5. The zero-order valence-electron chi connectivity index (χ0n) is 12.2. The predicted octanol–water partition coefficient (Wildman–Crippen LogP) is 3.60. The van der Waals surface area contributed by atoms with Gasteiger partial charge in [-0.3, -0.25) is 9.71 Å². The van der Waals surface area contributed by atoms with E-state index in [1.54, 1.807) is 36.5 Å². The molecule has 22 heavy (non-hydrogen) atoms. The van der Waals surface area contributed by atoms with Crippen LogP contribution in [0.4, 0.5) is 5.69 Å². The number of anilines is 1. The highest BCUT2D eigenvalue weighted by atomic mass is 32.2. The van der Waals surface area contributed by atoms with Gasteiger partial charge in [0.05, 0.1) is 16.1 Å². The molecule has 2 aromatic carbocycles. The van der Waals surface area contributed by atoms with Crippen LogP contribution in [0.1, 0.15) is 12.5 Å². The van der Waals surface area contributed by atoms with Gasteiger partial charge in [0.15, 0.2) is 0 Å². The Balaban J connectivity index is 1.99. The summed E-state index contributed by atoms with van der Waals surface area (Å²) in [5.41, 5.74) is 2.39. The zero-order chi connectivity index (χ0) is 15.6. The molecule has 0 amide bonds. The van der Waals surface area contributed by atoms with E-state index in [1.165, 1.54) is 0 Å². The van der Waals surface area contributed by atoms with Gasteiger partial charge in [-0.15, -0.1) is 0 Å². The Bertz CT molecular complexity index is 898. The molecule has 3 aromatic rings. The molecule has 0 unspecified atom stereocenters. The van der Waals surface area contributed by atoms with Crippen LogP contribution in [0.25, 0.3) is 10.9 Å². The van der Waals surface area contributed by atoms with Crippen molar-refractivity contribution in [3.63, 3.8) is 0 Å². The maximum Gasteiger partial charge on any atom is 0.261 e. The zero-order valence-corrected chi connectivity index (χ0v) is 13.0. The van der Waals surface area contributed by atoms with Crippen molar-refractivity contribution in [3.05, 3.63) is 66.4 Å². The fourth-order valence-corrected chi connectivity index (χ4v) is 3.38. The number of sulfonamides is 1. The van der Waals surface area contributed by atoms with Crippen molar-refractivity contribution in [1.82, 2.24) is 4.98 Å². The average Bonchev–Trinajstić information content (AvgIpc) is 2.55. The number of nitrogens with one attached hydrogen (secondary N) is 1. The lowest BCUT2D eigenvalue weighted by molar-refractivity contribution is 0.601. The lowest BCUT2D eigenvalue weighted by Crippen LogP contribution is -2.13. The van der Waals surface area contributed by atoms with Crippen LogP contribution in [-0.4, -0.2) is 13.4 Å². The van der Waals surface area contributed by atoms with Gasteiger partial charge in [-0.05, 0) is 48.4 Å². The molecule has 0 bridgehead atoms. The van der Waals surface area contributed by atoms with Crippen molar-refractivity contribution in [1.29, 1.82) is 0 Å². The van der Waals surface area contributed by atoms with Gasteiger partial charge in [0.2, 0.25) is 0 Å². The summed E-state index contributed by atoms with van der Waals surface area (Å²) >= 11 is 0. The molecular weight excluding hydrogens is 296 g/mol. The highest BCUT2D eigenvalue weighted by molar-refractivity contribution is 7.92. The first kappa shape index (κ1) is 14.5. The molecule has 0 atom stereocenters. The van der Waals surface area contributed by atoms with Crippen molar-refractivity contribution < 1.29 is 8.42 Å². The minimum absolute atomic E-state index is 0.255. The van der Waals surface area contributed by atoms with Crippen LogP contribution in [0.15, 0.2) is 65.7 Å². The number of fused-ring (bicyclic) bond motifs is 1. The van der Waals surface area contributed by atoms with E-state index in [2.05, 4.69) is 9.71 Å². The molecule has 0 radical (unpaired) electrons. The first-order valence-corrected chi connectivity index (χ1v) is 8.54. The molecule has 0 saturated heterocycles. The molecule has 112 valence electrons. The van der Waals surface area contributed by atoms with E-state index >= 15 is 0 Å². The number of rotatable bonds is 4. The Labute approximate surface area is 129 Å².